The van der Waals surface area contributed by atoms with Gasteiger partial charge in [0, 0.05) is 25.4 Å². The number of aryl methyl sites for hydroxylation is 1. The van der Waals surface area contributed by atoms with Gasteiger partial charge in [-0.3, -0.25) is 24.0 Å². The third-order valence-corrected chi connectivity index (χ3v) is 14.2. The molecule has 3 fully saturated rings. The topological polar surface area (TPSA) is 168 Å². The highest BCUT2D eigenvalue weighted by molar-refractivity contribution is 7.90. The Kier molecular flexibility index (Phi) is 10.9. The number of hydrogen-bond acceptors (Lipinski definition) is 9. The van der Waals surface area contributed by atoms with Crippen LogP contribution in [0.5, 0.6) is 0 Å². The summed E-state index contributed by atoms with van der Waals surface area (Å²) in [6.45, 7) is 14.0. The molecule has 1 saturated heterocycles. The highest BCUT2D eigenvalue weighted by atomic mass is 32.2. The summed E-state index contributed by atoms with van der Waals surface area (Å²) in [6.07, 6.45) is 2.98. The van der Waals surface area contributed by atoms with E-state index in [1.54, 1.807) is 32.6 Å². The van der Waals surface area contributed by atoms with E-state index in [0.717, 1.165) is 36.8 Å². The van der Waals surface area contributed by atoms with Crippen LogP contribution in [-0.4, -0.2) is 84.6 Å². The highest BCUT2D eigenvalue weighted by Gasteiger charge is 2.62. The van der Waals surface area contributed by atoms with Crippen LogP contribution < -0.4 is 10.0 Å². The Bertz CT molecular complexity index is 1780. The molecule has 13 nitrogen and oxygen atoms in total. The lowest BCUT2D eigenvalue weighted by Crippen LogP contribution is -2.57. The second-order valence-electron chi connectivity index (χ2n) is 18.3. The fraction of sp³-hybridized carbons (Fsp3) is 0.725. The molecule has 5 aliphatic rings. The molecule has 2 saturated carbocycles. The van der Waals surface area contributed by atoms with Crippen LogP contribution in [0, 0.1) is 28.1 Å². The molecule has 2 N–H and O–H groups in total. The number of carbonyl (C=O) groups excluding carboxylic acids is 5. The first kappa shape index (κ1) is 40.0. The van der Waals surface area contributed by atoms with E-state index in [1.807, 2.05) is 32.9 Å². The predicted octanol–water partition coefficient (Wildman–Crippen LogP) is 5.23. The maximum absolute atomic E-state index is 14.7. The van der Waals surface area contributed by atoms with E-state index in [1.165, 1.54) is 10.5 Å². The van der Waals surface area contributed by atoms with Crippen LogP contribution in [0.25, 0.3) is 0 Å². The number of nitrogens with one attached hydrogen (secondary N) is 2. The van der Waals surface area contributed by atoms with Gasteiger partial charge in [0.2, 0.25) is 21.8 Å². The van der Waals surface area contributed by atoms with Crippen LogP contribution in [0.15, 0.2) is 18.2 Å². The lowest BCUT2D eigenvalue weighted by molar-refractivity contribution is -0.143. The van der Waals surface area contributed by atoms with Crippen LogP contribution in [-0.2, 0) is 53.4 Å². The monoisotopic (exact) mass is 770 g/mol. The number of ketones is 1. The first-order valence-electron chi connectivity index (χ1n) is 19.6. The van der Waals surface area contributed by atoms with Crippen molar-refractivity contribution in [2.45, 2.75) is 143 Å². The zero-order valence-corrected chi connectivity index (χ0v) is 33.7. The van der Waals surface area contributed by atoms with Crippen molar-refractivity contribution in [3.05, 3.63) is 34.9 Å². The molecular weight excluding hydrogens is 713 g/mol. The number of amides is 4. The highest BCUT2D eigenvalue weighted by Crippen LogP contribution is 2.58. The predicted molar refractivity (Wildman–Crippen MR) is 200 cm³/mol. The number of rotatable bonds is 7. The Morgan fingerprint density at radius 1 is 1.06 bits per heavy atom. The van der Waals surface area contributed by atoms with E-state index < -0.39 is 80.0 Å². The number of Topliss-reactive ketones (excluding diaryl/α,β-unsaturated/α-hetero) is 1. The summed E-state index contributed by atoms with van der Waals surface area (Å²) in [5, 5.41) is 2.18. The zero-order chi connectivity index (χ0) is 39.4. The Hall–Kier alpha value is -3.68. The number of hydrogen-bond donors (Lipinski definition) is 2. The van der Waals surface area contributed by atoms with E-state index >= 15 is 0 Å². The minimum Gasteiger partial charge on any atom is -0.449 e. The van der Waals surface area contributed by atoms with Gasteiger partial charge in [0.25, 0.3) is 0 Å². The van der Waals surface area contributed by atoms with Gasteiger partial charge in [-0.15, -0.1) is 0 Å². The largest absolute Gasteiger partial charge is 0.449 e. The normalized spacial score (nSPS) is 30.6. The number of fused-ring (bicyclic) bond motifs is 3. The summed E-state index contributed by atoms with van der Waals surface area (Å²) in [5.41, 5.74) is 1.01. The molecule has 0 unspecified atom stereocenters. The maximum Gasteiger partial charge on any atom is 0.410 e. The van der Waals surface area contributed by atoms with Crippen molar-refractivity contribution in [2.24, 2.45) is 28.1 Å². The summed E-state index contributed by atoms with van der Waals surface area (Å²) in [4.78, 5) is 73.1. The standard InChI is InChI=1S/C40H58N4O9S/c1-8-27-18-40(27,35(47)42-54(50,51)28-15-16-28)19-30(45)32-24(2)31-22-44(32)34(46)33(38(3,4)5)41-36(48)52-23-39(6,7)17-10-9-12-25-13-11-14-26-20-43(21-29(25)26)37(49)53-31/h11,13-14,24,27-28,31-33H,8-10,12,15-23H2,1-7H3,(H,41,48)(H,42,47)/t24-,27+,31-,32-,33+,40+/m0/s1. The average molecular weight is 771 g/mol. The number of nitrogens with zero attached hydrogens (tertiary/aromatic N) is 2. The molecule has 4 amide bonds. The van der Waals surface area contributed by atoms with Crippen LogP contribution in [0.2, 0.25) is 0 Å². The summed E-state index contributed by atoms with van der Waals surface area (Å²) < 4.78 is 39.7. The van der Waals surface area contributed by atoms with Crippen molar-refractivity contribution in [3.63, 3.8) is 0 Å². The third kappa shape index (κ3) is 8.28. The summed E-state index contributed by atoms with van der Waals surface area (Å²) in [7, 11) is -3.85. The molecule has 0 spiro atoms. The molecule has 1 aromatic carbocycles. The Morgan fingerprint density at radius 2 is 1.76 bits per heavy atom. The number of alkyl carbamates (subject to hydrolysis) is 1. The number of carbonyl (C=O) groups is 5. The molecule has 4 bridgehead atoms. The van der Waals surface area contributed by atoms with Crippen molar-refractivity contribution < 1.29 is 41.9 Å². The fourth-order valence-electron chi connectivity index (χ4n) is 8.68. The molecule has 3 aliphatic heterocycles. The summed E-state index contributed by atoms with van der Waals surface area (Å²) >= 11 is 0. The van der Waals surface area contributed by atoms with Crippen molar-refractivity contribution in [1.29, 1.82) is 0 Å². The average Bonchev–Trinajstić information content (AvgIpc) is 4.00. The molecular formula is C40H58N4O9S. The van der Waals surface area contributed by atoms with Gasteiger partial charge in [-0.25, -0.2) is 18.0 Å². The molecule has 6 atom stereocenters. The number of ether oxygens (including phenoxy) is 2. The number of cyclic esters (lactones) is 1. The smallest absolute Gasteiger partial charge is 0.410 e. The van der Waals surface area contributed by atoms with Crippen LogP contribution in [0.1, 0.15) is 117 Å². The van der Waals surface area contributed by atoms with Crippen LogP contribution in [0.4, 0.5) is 9.59 Å². The quantitative estimate of drug-likeness (QED) is 0.377. The van der Waals surface area contributed by atoms with Crippen molar-refractivity contribution in [1.82, 2.24) is 19.8 Å². The lowest BCUT2D eigenvalue weighted by Gasteiger charge is -2.36. The van der Waals surface area contributed by atoms with E-state index in [2.05, 4.69) is 16.1 Å². The lowest BCUT2D eigenvalue weighted by atomic mass is 9.84. The second-order valence-corrected chi connectivity index (χ2v) is 20.3. The minimum atomic E-state index is -3.85. The van der Waals surface area contributed by atoms with Crippen LogP contribution >= 0.6 is 0 Å². The SMILES string of the molecule is CC[C@@H]1C[C@]1(CC(=O)[C@@H]1[C@@H](C)[C@@H]2CN1C(=O)[C@H](C(C)(C)C)NC(=O)OCC(C)(C)CCCCc1cccc3c1CN(C3)C(=O)O2)C(=O)NS(=O)(=O)C1CC1. The van der Waals surface area contributed by atoms with E-state index in [4.69, 9.17) is 9.47 Å². The van der Waals surface area contributed by atoms with Gasteiger partial charge in [0.05, 0.1) is 29.9 Å². The molecule has 3 heterocycles. The van der Waals surface area contributed by atoms with Crippen LogP contribution in [0.3, 0.4) is 0 Å². The first-order chi connectivity index (χ1) is 25.3. The van der Waals surface area contributed by atoms with Crippen molar-refractivity contribution in [2.75, 3.05) is 13.2 Å². The van der Waals surface area contributed by atoms with Gasteiger partial charge in [0.15, 0.2) is 5.78 Å². The Morgan fingerprint density at radius 3 is 2.41 bits per heavy atom. The summed E-state index contributed by atoms with van der Waals surface area (Å²) in [6, 6.07) is 3.93. The van der Waals surface area contributed by atoms with Crippen molar-refractivity contribution in [3.8, 4) is 0 Å². The third-order valence-electron chi connectivity index (χ3n) is 12.4. The zero-order valence-electron chi connectivity index (χ0n) is 32.9. The minimum absolute atomic E-state index is 0.100. The molecule has 298 valence electrons. The van der Waals surface area contributed by atoms with Gasteiger partial charge in [-0.05, 0) is 72.0 Å². The molecule has 2 aliphatic carbocycles. The van der Waals surface area contributed by atoms with Gasteiger partial charge < -0.3 is 19.7 Å². The first-order valence-corrected chi connectivity index (χ1v) is 21.2. The Balaban J connectivity index is 1.31. The maximum atomic E-state index is 14.7. The number of sulfonamides is 1. The molecule has 14 heteroatoms. The van der Waals surface area contributed by atoms with Crippen molar-refractivity contribution >= 4 is 39.8 Å². The molecule has 1 aromatic rings. The van der Waals surface area contributed by atoms with E-state index in [9.17, 15) is 32.4 Å². The van der Waals surface area contributed by atoms with Gasteiger partial charge in [-0.1, -0.05) is 79.5 Å². The number of benzene rings is 1. The van der Waals surface area contributed by atoms with E-state index in [-0.39, 0.29) is 30.9 Å². The van der Waals surface area contributed by atoms with Gasteiger partial charge in [0.1, 0.15) is 12.1 Å². The van der Waals surface area contributed by atoms with Gasteiger partial charge >= 0.3 is 12.2 Å². The molecule has 6 rings (SSSR count). The Labute approximate surface area is 319 Å². The van der Waals surface area contributed by atoms with E-state index in [0.29, 0.717) is 38.8 Å². The molecule has 0 aromatic heterocycles. The second kappa shape index (κ2) is 14.8. The molecule has 54 heavy (non-hydrogen) atoms. The molecule has 0 radical (unpaired) electrons. The summed E-state index contributed by atoms with van der Waals surface area (Å²) in [5.74, 6) is -2.50. The van der Waals surface area contributed by atoms with Gasteiger partial charge in [-0.2, -0.15) is 0 Å². The fourth-order valence-corrected chi connectivity index (χ4v) is 10.1.